The molecule has 0 fully saturated rings. The summed E-state index contributed by atoms with van der Waals surface area (Å²) in [4.78, 5) is 24.1. The molecule has 1 atom stereocenters. The summed E-state index contributed by atoms with van der Waals surface area (Å²) in [5, 5.41) is 9.65. The third-order valence-corrected chi connectivity index (χ3v) is 3.44. The van der Waals surface area contributed by atoms with Gasteiger partial charge in [0.25, 0.3) is 0 Å². The Hall–Kier alpha value is -2.10. The van der Waals surface area contributed by atoms with E-state index in [1.165, 1.54) is 0 Å². The van der Waals surface area contributed by atoms with Crippen LogP contribution in [-0.2, 0) is 20.7 Å². The van der Waals surface area contributed by atoms with Crippen LogP contribution in [0.15, 0.2) is 43.0 Å². The molecule has 0 aliphatic rings. The molecule has 4 nitrogen and oxygen atoms in total. The van der Waals surface area contributed by atoms with Crippen LogP contribution in [0.2, 0.25) is 0 Å². The van der Waals surface area contributed by atoms with Crippen LogP contribution >= 0.6 is 0 Å². The quantitative estimate of drug-likeness (QED) is 0.328. The van der Waals surface area contributed by atoms with E-state index in [0.29, 0.717) is 12.8 Å². The van der Waals surface area contributed by atoms with Crippen molar-refractivity contribution in [3.8, 4) is 0 Å². The second-order valence-corrected chi connectivity index (χ2v) is 4.95. The molecule has 1 aromatic rings. The average molecular weight is 290 g/mol. The van der Waals surface area contributed by atoms with Gasteiger partial charge in [0.15, 0.2) is 5.41 Å². The van der Waals surface area contributed by atoms with Crippen molar-refractivity contribution in [3.05, 3.63) is 48.6 Å². The third-order valence-electron chi connectivity index (χ3n) is 3.44. The Morgan fingerprint density at radius 2 is 2.00 bits per heavy atom. The normalized spacial score (nSPS) is 13.2. The summed E-state index contributed by atoms with van der Waals surface area (Å²) in [7, 11) is 0. The predicted molar refractivity (Wildman–Crippen MR) is 80.9 cm³/mol. The van der Waals surface area contributed by atoms with Crippen molar-refractivity contribution >= 4 is 11.9 Å². The number of hydrogen-bond donors (Lipinski definition) is 1. The number of carboxylic acids is 1. The molecule has 0 radical (unpaired) electrons. The van der Waals surface area contributed by atoms with Gasteiger partial charge < -0.3 is 9.84 Å². The van der Waals surface area contributed by atoms with Crippen molar-refractivity contribution in [1.29, 1.82) is 0 Å². The van der Waals surface area contributed by atoms with E-state index in [2.05, 4.69) is 6.58 Å². The highest BCUT2D eigenvalue weighted by Gasteiger charge is 2.47. The smallest absolute Gasteiger partial charge is 0.323 e. The Labute approximate surface area is 125 Å². The van der Waals surface area contributed by atoms with E-state index in [0.717, 1.165) is 5.56 Å². The molecule has 0 heterocycles. The van der Waals surface area contributed by atoms with Crippen LogP contribution in [0.4, 0.5) is 0 Å². The van der Waals surface area contributed by atoms with Crippen LogP contribution in [-0.4, -0.2) is 23.7 Å². The molecule has 21 heavy (non-hydrogen) atoms. The molecular weight excluding hydrogens is 268 g/mol. The fourth-order valence-corrected chi connectivity index (χ4v) is 2.29. The molecule has 114 valence electrons. The summed E-state index contributed by atoms with van der Waals surface area (Å²) >= 11 is 0. The van der Waals surface area contributed by atoms with Crippen molar-refractivity contribution < 1.29 is 19.4 Å². The summed E-state index contributed by atoms with van der Waals surface area (Å²) in [6.07, 6.45) is 3.35. The number of benzene rings is 1. The number of aliphatic carboxylic acids is 1. The van der Waals surface area contributed by atoms with Gasteiger partial charge >= 0.3 is 11.9 Å². The Balaban J connectivity index is 3.07. The van der Waals surface area contributed by atoms with E-state index < -0.39 is 17.4 Å². The lowest BCUT2D eigenvalue weighted by molar-refractivity contribution is -0.169. The number of hydrogen-bond acceptors (Lipinski definition) is 3. The summed E-state index contributed by atoms with van der Waals surface area (Å²) in [5.74, 6) is -1.79. The zero-order valence-corrected chi connectivity index (χ0v) is 12.4. The van der Waals surface area contributed by atoms with Crippen LogP contribution in [0.3, 0.4) is 0 Å². The van der Waals surface area contributed by atoms with Crippen LogP contribution in [0.1, 0.15) is 31.7 Å². The van der Waals surface area contributed by atoms with Gasteiger partial charge in [0.05, 0.1) is 6.61 Å². The molecule has 0 amide bonds. The molecule has 0 spiro atoms. The summed E-state index contributed by atoms with van der Waals surface area (Å²) in [6, 6.07) is 9.16. The van der Waals surface area contributed by atoms with Crippen molar-refractivity contribution in [3.63, 3.8) is 0 Å². The minimum absolute atomic E-state index is 0.138. The fraction of sp³-hybridized carbons (Fsp3) is 0.412. The predicted octanol–water partition coefficient (Wildman–Crippen LogP) is 3.22. The van der Waals surface area contributed by atoms with E-state index in [9.17, 15) is 14.7 Å². The van der Waals surface area contributed by atoms with E-state index in [-0.39, 0.29) is 19.4 Å². The van der Waals surface area contributed by atoms with E-state index in [1.54, 1.807) is 13.0 Å². The van der Waals surface area contributed by atoms with E-state index in [4.69, 9.17) is 4.74 Å². The van der Waals surface area contributed by atoms with E-state index in [1.807, 2.05) is 30.3 Å². The minimum atomic E-state index is -1.53. The molecule has 1 N–H and O–H groups in total. The summed E-state index contributed by atoms with van der Waals surface area (Å²) in [5.41, 5.74) is -0.716. The minimum Gasteiger partial charge on any atom is -0.480 e. The first kappa shape index (κ1) is 17.0. The number of esters is 1. The number of allylic oxidation sites excluding steroid dienone is 1. The number of carbonyl (C=O) groups is 2. The third kappa shape index (κ3) is 4.45. The van der Waals surface area contributed by atoms with Crippen molar-refractivity contribution in [2.24, 2.45) is 5.41 Å². The molecule has 0 aliphatic heterocycles. The first-order valence-electron chi connectivity index (χ1n) is 7.12. The molecular formula is C17H22O4. The van der Waals surface area contributed by atoms with Crippen molar-refractivity contribution in [2.75, 3.05) is 6.61 Å². The van der Waals surface area contributed by atoms with Gasteiger partial charge in [0.2, 0.25) is 0 Å². The lowest BCUT2D eigenvalue weighted by Crippen LogP contribution is -2.42. The topological polar surface area (TPSA) is 63.6 Å². The first-order chi connectivity index (χ1) is 10.1. The summed E-state index contributed by atoms with van der Waals surface area (Å²) in [6.45, 7) is 5.47. The van der Waals surface area contributed by atoms with Gasteiger partial charge in [-0.05, 0) is 38.2 Å². The highest BCUT2D eigenvalue weighted by atomic mass is 16.5. The first-order valence-corrected chi connectivity index (χ1v) is 7.12. The fourth-order valence-electron chi connectivity index (χ4n) is 2.29. The van der Waals surface area contributed by atoms with Gasteiger partial charge in [0, 0.05) is 0 Å². The number of ether oxygens (including phenoxy) is 1. The monoisotopic (exact) mass is 290 g/mol. The lowest BCUT2D eigenvalue weighted by Gasteiger charge is -2.27. The second-order valence-electron chi connectivity index (χ2n) is 4.95. The Morgan fingerprint density at radius 1 is 1.33 bits per heavy atom. The largest absolute Gasteiger partial charge is 0.480 e. The average Bonchev–Trinajstić information content (AvgIpc) is 2.47. The number of carbonyl (C=O) groups excluding carboxylic acids is 1. The molecule has 0 saturated carbocycles. The molecule has 1 aromatic carbocycles. The Bertz CT molecular complexity index is 481. The van der Waals surface area contributed by atoms with Crippen molar-refractivity contribution in [1.82, 2.24) is 0 Å². The molecule has 0 aromatic heterocycles. The lowest BCUT2D eigenvalue weighted by atomic mass is 9.77. The van der Waals surface area contributed by atoms with Gasteiger partial charge in [0.1, 0.15) is 0 Å². The Kier molecular flexibility index (Phi) is 6.66. The van der Waals surface area contributed by atoms with Crippen LogP contribution in [0.5, 0.6) is 0 Å². The molecule has 1 unspecified atom stereocenters. The number of unbranched alkanes of at least 4 members (excludes halogenated alkanes) is 1. The number of rotatable bonds is 9. The highest BCUT2D eigenvalue weighted by Crippen LogP contribution is 2.32. The molecule has 0 aliphatic carbocycles. The Morgan fingerprint density at radius 3 is 2.52 bits per heavy atom. The maximum absolute atomic E-state index is 12.3. The van der Waals surface area contributed by atoms with Crippen molar-refractivity contribution in [2.45, 2.75) is 32.6 Å². The van der Waals surface area contributed by atoms with Gasteiger partial charge in [-0.15, -0.1) is 6.58 Å². The zero-order chi connectivity index (χ0) is 15.7. The van der Waals surface area contributed by atoms with Crippen LogP contribution in [0, 0.1) is 5.41 Å². The van der Waals surface area contributed by atoms with Gasteiger partial charge in [-0.3, -0.25) is 9.59 Å². The standard InChI is InChI=1S/C17H22O4/c1-3-5-9-12-17(15(18)19,16(20)21-4-2)13-14-10-7-6-8-11-14/h3,6-8,10-11H,1,4-5,9,12-13H2,2H3,(H,18,19). The maximum Gasteiger partial charge on any atom is 0.323 e. The molecule has 0 bridgehead atoms. The zero-order valence-electron chi connectivity index (χ0n) is 12.4. The SMILES string of the molecule is C=CCCCC(Cc1ccccc1)(C(=O)O)C(=O)OCC. The summed E-state index contributed by atoms with van der Waals surface area (Å²) < 4.78 is 5.03. The van der Waals surface area contributed by atoms with Crippen LogP contribution in [0.25, 0.3) is 0 Å². The second kappa shape index (κ2) is 8.25. The van der Waals surface area contributed by atoms with Gasteiger partial charge in [-0.1, -0.05) is 36.4 Å². The number of carboxylic acid groups (broad SMARTS) is 1. The molecule has 4 heteroatoms. The van der Waals surface area contributed by atoms with Crippen LogP contribution < -0.4 is 0 Å². The molecule has 0 saturated heterocycles. The maximum atomic E-state index is 12.3. The highest BCUT2D eigenvalue weighted by molar-refractivity contribution is 5.99. The van der Waals surface area contributed by atoms with Gasteiger partial charge in [-0.2, -0.15) is 0 Å². The molecule has 1 rings (SSSR count). The van der Waals surface area contributed by atoms with E-state index >= 15 is 0 Å². The van der Waals surface area contributed by atoms with Gasteiger partial charge in [-0.25, -0.2) is 0 Å².